The maximum Gasteiger partial charge on any atom is 0.0574 e. The lowest BCUT2D eigenvalue weighted by Crippen LogP contribution is -2.45. The highest BCUT2D eigenvalue weighted by Crippen LogP contribution is 2.59. The summed E-state index contributed by atoms with van der Waals surface area (Å²) < 4.78 is 5.66. The second-order valence-electron chi connectivity index (χ2n) is 8.46. The van der Waals surface area contributed by atoms with Crippen molar-refractivity contribution in [3.8, 4) is 0 Å². The van der Waals surface area contributed by atoms with Gasteiger partial charge in [-0.05, 0) is 92.8 Å². The molecule has 0 bridgehead atoms. The van der Waals surface area contributed by atoms with E-state index in [0.29, 0.717) is 6.10 Å². The third-order valence-corrected chi connectivity index (χ3v) is 7.92. The van der Waals surface area contributed by atoms with Gasteiger partial charge in [-0.15, -0.1) is 0 Å². The van der Waals surface area contributed by atoms with Gasteiger partial charge in [0.2, 0.25) is 0 Å². The maximum atomic E-state index is 5.66. The summed E-state index contributed by atoms with van der Waals surface area (Å²) in [6.07, 6.45) is 14.0. The van der Waals surface area contributed by atoms with E-state index in [9.17, 15) is 0 Å². The third kappa shape index (κ3) is 2.07. The summed E-state index contributed by atoms with van der Waals surface area (Å²) in [6, 6.07) is 0. The van der Waals surface area contributed by atoms with Crippen molar-refractivity contribution >= 4 is 0 Å². The first-order valence-electron chi connectivity index (χ1n) is 9.30. The first kappa shape index (κ1) is 13.6. The quantitative estimate of drug-likeness (QED) is 0.662. The summed E-state index contributed by atoms with van der Waals surface area (Å²) in [5.74, 6) is 7.52. The molecular weight excluding hydrogens is 244 g/mol. The third-order valence-electron chi connectivity index (χ3n) is 7.92. The van der Waals surface area contributed by atoms with Crippen LogP contribution in [-0.4, -0.2) is 13.2 Å². The Kier molecular flexibility index (Phi) is 3.61. The molecule has 1 heteroatoms. The number of methoxy groups -OCH3 is 1. The lowest BCUT2D eigenvalue weighted by atomic mass is 9.53. The van der Waals surface area contributed by atoms with E-state index in [0.717, 1.165) is 41.4 Å². The molecule has 0 radical (unpaired) electrons. The first-order valence-corrected chi connectivity index (χ1v) is 9.30. The Morgan fingerprint density at radius 3 is 2.10 bits per heavy atom. The van der Waals surface area contributed by atoms with Gasteiger partial charge in [0, 0.05) is 7.11 Å². The Morgan fingerprint density at radius 1 is 0.650 bits per heavy atom. The highest BCUT2D eigenvalue weighted by molar-refractivity contribution is 5.00. The fourth-order valence-corrected chi connectivity index (χ4v) is 6.97. The molecule has 0 aromatic heterocycles. The van der Waals surface area contributed by atoms with Crippen LogP contribution in [0.25, 0.3) is 0 Å². The lowest BCUT2D eigenvalue weighted by Gasteiger charge is -2.53. The number of hydrogen-bond donors (Lipinski definition) is 0. The van der Waals surface area contributed by atoms with Crippen LogP contribution in [0, 0.1) is 41.4 Å². The number of hydrogen-bond acceptors (Lipinski definition) is 1. The van der Waals surface area contributed by atoms with Crippen molar-refractivity contribution in [2.45, 2.75) is 70.8 Å². The van der Waals surface area contributed by atoms with E-state index >= 15 is 0 Å². The van der Waals surface area contributed by atoms with Crippen molar-refractivity contribution in [2.75, 3.05) is 7.11 Å². The predicted molar refractivity (Wildman–Crippen MR) is 82.5 cm³/mol. The Balaban J connectivity index is 1.50. The van der Waals surface area contributed by atoms with Gasteiger partial charge < -0.3 is 4.74 Å². The summed E-state index contributed by atoms with van der Waals surface area (Å²) in [5, 5.41) is 0. The molecule has 4 aliphatic carbocycles. The standard InChI is InChI=1S/C19H32O/c1-12-3-6-17-15(12)9-10-18-16-8-5-14(20-2)11-13(16)4-7-19(17)18/h12-19H,3-11H2,1-2H3. The van der Waals surface area contributed by atoms with Crippen LogP contribution in [-0.2, 0) is 4.74 Å². The van der Waals surface area contributed by atoms with Gasteiger partial charge in [-0.2, -0.15) is 0 Å². The molecule has 0 saturated heterocycles. The van der Waals surface area contributed by atoms with Crippen LogP contribution in [0.5, 0.6) is 0 Å². The van der Waals surface area contributed by atoms with Crippen LogP contribution in [0.4, 0.5) is 0 Å². The molecule has 0 aromatic carbocycles. The second kappa shape index (κ2) is 5.30. The van der Waals surface area contributed by atoms with Gasteiger partial charge in [-0.1, -0.05) is 13.3 Å². The van der Waals surface area contributed by atoms with Crippen molar-refractivity contribution in [1.82, 2.24) is 0 Å². The van der Waals surface area contributed by atoms with E-state index in [1.54, 1.807) is 25.7 Å². The van der Waals surface area contributed by atoms with Crippen molar-refractivity contribution < 1.29 is 4.74 Å². The van der Waals surface area contributed by atoms with Gasteiger partial charge in [0.1, 0.15) is 0 Å². The van der Waals surface area contributed by atoms with Gasteiger partial charge in [0.25, 0.3) is 0 Å². The molecule has 8 unspecified atom stereocenters. The Morgan fingerprint density at radius 2 is 1.25 bits per heavy atom. The average molecular weight is 276 g/mol. The van der Waals surface area contributed by atoms with Crippen LogP contribution < -0.4 is 0 Å². The molecule has 0 spiro atoms. The molecule has 8 atom stereocenters. The minimum absolute atomic E-state index is 0.579. The van der Waals surface area contributed by atoms with Crippen LogP contribution in [0.1, 0.15) is 64.7 Å². The van der Waals surface area contributed by atoms with E-state index in [2.05, 4.69) is 6.92 Å². The molecule has 20 heavy (non-hydrogen) atoms. The summed E-state index contributed by atoms with van der Waals surface area (Å²) in [4.78, 5) is 0. The zero-order valence-corrected chi connectivity index (χ0v) is 13.4. The zero-order valence-electron chi connectivity index (χ0n) is 13.4. The molecule has 0 amide bonds. The van der Waals surface area contributed by atoms with Crippen LogP contribution in [0.3, 0.4) is 0 Å². The molecule has 0 N–H and O–H groups in total. The fraction of sp³-hybridized carbons (Fsp3) is 1.00. The number of ether oxygens (including phenoxy) is 1. The summed E-state index contributed by atoms with van der Waals surface area (Å²) in [5.41, 5.74) is 0. The van der Waals surface area contributed by atoms with Gasteiger partial charge in [0.05, 0.1) is 6.10 Å². The normalized spacial score (nSPS) is 54.9. The van der Waals surface area contributed by atoms with E-state index in [4.69, 9.17) is 4.74 Å². The van der Waals surface area contributed by atoms with Crippen LogP contribution in [0.2, 0.25) is 0 Å². The first-order chi connectivity index (χ1) is 9.78. The molecule has 4 fully saturated rings. The van der Waals surface area contributed by atoms with Gasteiger partial charge >= 0.3 is 0 Å². The van der Waals surface area contributed by atoms with E-state index < -0.39 is 0 Å². The lowest BCUT2D eigenvalue weighted by molar-refractivity contribution is -0.0578. The van der Waals surface area contributed by atoms with Crippen molar-refractivity contribution in [2.24, 2.45) is 41.4 Å². The van der Waals surface area contributed by atoms with E-state index in [1.165, 1.54) is 32.1 Å². The number of rotatable bonds is 1. The number of fused-ring (bicyclic) bond motifs is 5. The van der Waals surface area contributed by atoms with E-state index in [1.807, 2.05) is 7.11 Å². The van der Waals surface area contributed by atoms with Crippen molar-refractivity contribution in [3.63, 3.8) is 0 Å². The molecule has 0 heterocycles. The zero-order chi connectivity index (χ0) is 13.7. The topological polar surface area (TPSA) is 9.23 Å². The SMILES string of the molecule is COC1CCC2C(CCC3C4CCC(C)C4CCC23)C1. The Bertz CT molecular complexity index is 352. The van der Waals surface area contributed by atoms with Gasteiger partial charge in [0.15, 0.2) is 0 Å². The van der Waals surface area contributed by atoms with Crippen LogP contribution >= 0.6 is 0 Å². The monoisotopic (exact) mass is 276 g/mol. The minimum atomic E-state index is 0.579. The summed E-state index contributed by atoms with van der Waals surface area (Å²) in [7, 11) is 1.92. The minimum Gasteiger partial charge on any atom is -0.381 e. The Labute approximate surface area is 124 Å². The van der Waals surface area contributed by atoms with Crippen LogP contribution in [0.15, 0.2) is 0 Å². The molecule has 114 valence electrons. The highest BCUT2D eigenvalue weighted by Gasteiger charge is 2.50. The summed E-state index contributed by atoms with van der Waals surface area (Å²) in [6.45, 7) is 2.53. The molecule has 4 aliphatic rings. The van der Waals surface area contributed by atoms with Crippen molar-refractivity contribution in [1.29, 1.82) is 0 Å². The molecule has 4 rings (SSSR count). The molecule has 4 saturated carbocycles. The maximum absolute atomic E-state index is 5.66. The van der Waals surface area contributed by atoms with Gasteiger partial charge in [-0.25, -0.2) is 0 Å². The highest BCUT2D eigenvalue weighted by atomic mass is 16.5. The van der Waals surface area contributed by atoms with Crippen molar-refractivity contribution in [3.05, 3.63) is 0 Å². The fourth-order valence-electron chi connectivity index (χ4n) is 6.97. The second-order valence-corrected chi connectivity index (χ2v) is 8.46. The molecular formula is C19H32O. The summed E-state index contributed by atoms with van der Waals surface area (Å²) >= 11 is 0. The smallest absolute Gasteiger partial charge is 0.0574 e. The van der Waals surface area contributed by atoms with E-state index in [-0.39, 0.29) is 0 Å². The van der Waals surface area contributed by atoms with Gasteiger partial charge in [-0.3, -0.25) is 0 Å². The Hall–Kier alpha value is -0.0400. The molecule has 1 nitrogen and oxygen atoms in total. The molecule has 0 aliphatic heterocycles. The average Bonchev–Trinajstić information content (AvgIpc) is 2.88. The largest absolute Gasteiger partial charge is 0.381 e. The predicted octanol–water partition coefficient (Wildman–Crippen LogP) is 4.90. The molecule has 0 aromatic rings.